The van der Waals surface area contributed by atoms with Crippen LogP contribution in [0.4, 0.5) is 0 Å². The van der Waals surface area contributed by atoms with E-state index in [1.54, 1.807) is 25.3 Å². The third-order valence-electron chi connectivity index (χ3n) is 2.89. The van der Waals surface area contributed by atoms with Crippen LogP contribution in [0.15, 0.2) is 42.5 Å². The first kappa shape index (κ1) is 14.6. The molecule has 19 heavy (non-hydrogen) atoms. The average Bonchev–Trinajstić information content (AvgIpc) is 2.41. The van der Waals surface area contributed by atoms with Crippen molar-refractivity contribution in [2.45, 2.75) is 12.5 Å². The highest BCUT2D eigenvalue weighted by Gasteiger charge is 2.14. The maximum atomic E-state index is 10.3. The third-order valence-corrected chi connectivity index (χ3v) is 3.85. The summed E-state index contributed by atoms with van der Waals surface area (Å²) >= 11 is 8.23. The van der Waals surface area contributed by atoms with Crippen LogP contribution in [0.2, 0.25) is 5.02 Å². The van der Waals surface area contributed by atoms with Crippen LogP contribution in [0.1, 0.15) is 17.2 Å². The zero-order chi connectivity index (χ0) is 13.8. The minimum Gasteiger partial charge on any atom is -0.496 e. The Labute approximate surface area is 131 Å². The summed E-state index contributed by atoms with van der Waals surface area (Å²) in [6, 6.07) is 13.4. The van der Waals surface area contributed by atoms with Crippen LogP contribution >= 0.6 is 34.2 Å². The van der Waals surface area contributed by atoms with Crippen molar-refractivity contribution in [3.05, 3.63) is 62.2 Å². The van der Waals surface area contributed by atoms with Crippen LogP contribution in [-0.4, -0.2) is 12.2 Å². The molecule has 0 spiro atoms. The molecule has 0 amide bonds. The van der Waals surface area contributed by atoms with Crippen molar-refractivity contribution < 1.29 is 9.84 Å². The normalized spacial score (nSPS) is 12.2. The summed E-state index contributed by atoms with van der Waals surface area (Å²) in [5.41, 5.74) is 1.79. The van der Waals surface area contributed by atoms with Crippen molar-refractivity contribution in [3.63, 3.8) is 0 Å². The van der Waals surface area contributed by atoms with Gasteiger partial charge in [0.25, 0.3) is 0 Å². The summed E-state index contributed by atoms with van der Waals surface area (Å²) in [5, 5.41) is 10.9. The van der Waals surface area contributed by atoms with Crippen molar-refractivity contribution in [3.8, 4) is 5.75 Å². The monoisotopic (exact) mass is 388 g/mol. The molecule has 0 saturated heterocycles. The summed E-state index contributed by atoms with van der Waals surface area (Å²) in [7, 11) is 1.59. The molecule has 1 unspecified atom stereocenters. The maximum absolute atomic E-state index is 10.3. The fourth-order valence-electron chi connectivity index (χ4n) is 1.92. The van der Waals surface area contributed by atoms with Crippen molar-refractivity contribution in [2.24, 2.45) is 0 Å². The van der Waals surface area contributed by atoms with E-state index < -0.39 is 6.10 Å². The molecule has 2 aromatic carbocycles. The number of halogens is 2. The van der Waals surface area contributed by atoms with Crippen molar-refractivity contribution in [1.29, 1.82) is 0 Å². The van der Waals surface area contributed by atoms with Gasteiger partial charge in [-0.1, -0.05) is 23.7 Å². The van der Waals surface area contributed by atoms with Gasteiger partial charge in [0.2, 0.25) is 0 Å². The number of benzene rings is 2. The highest BCUT2D eigenvalue weighted by molar-refractivity contribution is 14.1. The van der Waals surface area contributed by atoms with Gasteiger partial charge in [0.15, 0.2) is 0 Å². The average molecular weight is 389 g/mol. The number of methoxy groups -OCH3 is 1. The predicted octanol–water partition coefficient (Wildman–Crippen LogP) is 4.23. The Hall–Kier alpha value is -0.780. The third kappa shape index (κ3) is 3.84. The SMILES string of the molecule is COc1ccc(Cl)cc1C(O)Cc1ccc(I)cc1. The molecule has 0 aliphatic heterocycles. The van der Waals surface area contributed by atoms with Crippen molar-refractivity contribution in [2.75, 3.05) is 7.11 Å². The summed E-state index contributed by atoms with van der Waals surface area (Å²) < 4.78 is 6.44. The van der Waals surface area contributed by atoms with Crippen LogP contribution in [0.25, 0.3) is 0 Å². The fourth-order valence-corrected chi connectivity index (χ4v) is 2.46. The Morgan fingerprint density at radius 1 is 1.21 bits per heavy atom. The molecular formula is C15H14ClIO2. The second-order valence-corrected chi connectivity index (χ2v) is 5.91. The van der Waals surface area contributed by atoms with Crippen LogP contribution in [-0.2, 0) is 6.42 Å². The Kier molecular flexibility index (Phi) is 5.07. The van der Waals surface area contributed by atoms with E-state index >= 15 is 0 Å². The second-order valence-electron chi connectivity index (χ2n) is 4.23. The molecule has 0 aliphatic rings. The standard InChI is InChI=1S/C15H14ClIO2/c1-19-15-7-4-11(16)9-13(15)14(18)8-10-2-5-12(17)6-3-10/h2-7,9,14,18H,8H2,1H3. The van der Waals surface area contributed by atoms with Crippen LogP contribution in [0.3, 0.4) is 0 Å². The number of rotatable bonds is 4. The minimum absolute atomic E-state index is 0.535. The molecular weight excluding hydrogens is 375 g/mol. The van der Waals surface area contributed by atoms with Gasteiger partial charge < -0.3 is 9.84 Å². The van der Waals surface area contributed by atoms with Crippen LogP contribution < -0.4 is 4.74 Å². The van der Waals surface area contributed by atoms with E-state index in [1.807, 2.05) is 24.3 Å². The number of hydrogen-bond donors (Lipinski definition) is 1. The van der Waals surface area contributed by atoms with Gasteiger partial charge in [0.05, 0.1) is 13.2 Å². The molecule has 1 N–H and O–H groups in total. The van der Waals surface area contributed by atoms with Gasteiger partial charge in [0.1, 0.15) is 5.75 Å². The molecule has 4 heteroatoms. The van der Waals surface area contributed by atoms with E-state index in [9.17, 15) is 5.11 Å². The summed E-state index contributed by atoms with van der Waals surface area (Å²) in [5.74, 6) is 0.655. The van der Waals surface area contributed by atoms with Crippen molar-refractivity contribution in [1.82, 2.24) is 0 Å². The molecule has 0 saturated carbocycles. The predicted molar refractivity (Wildman–Crippen MR) is 85.8 cm³/mol. The van der Waals surface area contributed by atoms with Gasteiger partial charge in [-0.2, -0.15) is 0 Å². The highest BCUT2D eigenvalue weighted by Crippen LogP contribution is 2.30. The molecule has 2 nitrogen and oxygen atoms in total. The van der Waals surface area contributed by atoms with E-state index in [1.165, 1.54) is 3.57 Å². The molecule has 0 aromatic heterocycles. The topological polar surface area (TPSA) is 29.5 Å². The zero-order valence-electron chi connectivity index (χ0n) is 10.4. The van der Waals surface area contributed by atoms with Gasteiger partial charge in [0, 0.05) is 20.6 Å². The Morgan fingerprint density at radius 2 is 1.89 bits per heavy atom. The molecule has 0 heterocycles. The van der Waals surface area contributed by atoms with Gasteiger partial charge >= 0.3 is 0 Å². The zero-order valence-corrected chi connectivity index (χ0v) is 13.4. The smallest absolute Gasteiger partial charge is 0.124 e. The molecule has 0 radical (unpaired) electrons. The summed E-state index contributed by atoms with van der Waals surface area (Å²) in [4.78, 5) is 0. The lowest BCUT2D eigenvalue weighted by Gasteiger charge is -2.15. The Morgan fingerprint density at radius 3 is 2.53 bits per heavy atom. The number of ether oxygens (including phenoxy) is 1. The molecule has 0 aliphatic carbocycles. The molecule has 2 rings (SSSR count). The first-order chi connectivity index (χ1) is 9.10. The fraction of sp³-hybridized carbons (Fsp3) is 0.200. The van der Waals surface area contributed by atoms with Gasteiger partial charge in [-0.05, 0) is 58.5 Å². The Bertz CT molecular complexity index is 555. The summed E-state index contributed by atoms with van der Waals surface area (Å²) in [6.07, 6.45) is -0.0955. The van der Waals surface area contributed by atoms with Crippen LogP contribution in [0, 0.1) is 3.57 Å². The molecule has 0 fully saturated rings. The second kappa shape index (κ2) is 6.59. The quantitative estimate of drug-likeness (QED) is 0.794. The van der Waals surface area contributed by atoms with Gasteiger partial charge in [-0.25, -0.2) is 0 Å². The maximum Gasteiger partial charge on any atom is 0.124 e. The van der Waals surface area contributed by atoms with E-state index in [4.69, 9.17) is 16.3 Å². The van der Waals surface area contributed by atoms with E-state index in [0.717, 1.165) is 5.56 Å². The molecule has 0 bridgehead atoms. The molecule has 100 valence electrons. The van der Waals surface area contributed by atoms with E-state index in [2.05, 4.69) is 22.6 Å². The first-order valence-electron chi connectivity index (χ1n) is 5.86. The lowest BCUT2D eigenvalue weighted by Crippen LogP contribution is -2.04. The number of aliphatic hydroxyl groups excluding tert-OH is 1. The first-order valence-corrected chi connectivity index (χ1v) is 7.32. The van der Waals surface area contributed by atoms with E-state index in [-0.39, 0.29) is 0 Å². The lowest BCUT2D eigenvalue weighted by molar-refractivity contribution is 0.174. The largest absolute Gasteiger partial charge is 0.496 e. The number of aliphatic hydroxyl groups is 1. The lowest BCUT2D eigenvalue weighted by atomic mass is 10.0. The molecule has 2 aromatic rings. The van der Waals surface area contributed by atoms with Crippen LogP contribution in [0.5, 0.6) is 5.75 Å². The van der Waals surface area contributed by atoms with E-state index in [0.29, 0.717) is 22.8 Å². The van der Waals surface area contributed by atoms with Gasteiger partial charge in [-0.3, -0.25) is 0 Å². The minimum atomic E-state index is -0.631. The van der Waals surface area contributed by atoms with Gasteiger partial charge in [-0.15, -0.1) is 0 Å². The summed E-state index contributed by atoms with van der Waals surface area (Å²) in [6.45, 7) is 0. The molecule has 1 atom stereocenters. The highest BCUT2D eigenvalue weighted by atomic mass is 127. The van der Waals surface area contributed by atoms with Crippen molar-refractivity contribution >= 4 is 34.2 Å². The Balaban J connectivity index is 2.21. The number of hydrogen-bond acceptors (Lipinski definition) is 2.